The Kier molecular flexibility index (Phi) is 8.40. The summed E-state index contributed by atoms with van der Waals surface area (Å²) in [5.74, 6) is -2.64. The summed E-state index contributed by atoms with van der Waals surface area (Å²) in [4.78, 5) is 65.3. The van der Waals surface area contributed by atoms with Gasteiger partial charge < -0.3 is 4.74 Å². The third-order valence-electron chi connectivity index (χ3n) is 5.95. The molecule has 0 radical (unpaired) electrons. The minimum absolute atomic E-state index is 0.0208. The third kappa shape index (κ3) is 5.06. The summed E-state index contributed by atoms with van der Waals surface area (Å²) in [6.07, 6.45) is 0. The molecule has 1 aliphatic heterocycles. The predicted molar refractivity (Wildman–Crippen MR) is 154 cm³/mol. The Hall–Kier alpha value is -2.94. The number of ketones is 1. The molecule has 10 nitrogen and oxygen atoms in total. The lowest BCUT2D eigenvalue weighted by Gasteiger charge is -2.34. The summed E-state index contributed by atoms with van der Waals surface area (Å²) in [5, 5.41) is 12.5. The highest BCUT2D eigenvalue weighted by Crippen LogP contribution is 2.46. The topological polar surface area (TPSA) is 127 Å². The molecule has 0 saturated heterocycles. The molecule has 1 aliphatic rings. The van der Waals surface area contributed by atoms with E-state index in [1.165, 1.54) is 38.3 Å². The van der Waals surface area contributed by atoms with Gasteiger partial charge in [-0.1, -0.05) is 0 Å². The fourth-order valence-electron chi connectivity index (χ4n) is 3.94. The quantitative estimate of drug-likeness (QED) is 0.0662. The number of ether oxygens (including phenoxy) is 1. The number of nitrogens with zero attached hydrogens (tertiary/aromatic N) is 3. The highest BCUT2D eigenvalue weighted by atomic mass is 79.9. The molecule has 14 heteroatoms. The van der Waals surface area contributed by atoms with E-state index in [9.17, 15) is 29.3 Å². The molecule has 1 atom stereocenters. The number of methoxy groups -OCH3 is 1. The Morgan fingerprint density at radius 1 is 0.846 bits per heavy atom. The molecule has 3 aromatic rings. The lowest BCUT2D eigenvalue weighted by Crippen LogP contribution is -2.56. The second kappa shape index (κ2) is 11.3. The molecule has 4 rings (SSSR count). The van der Waals surface area contributed by atoms with Crippen LogP contribution in [0.25, 0.3) is 0 Å². The van der Waals surface area contributed by atoms with Gasteiger partial charge in [-0.05, 0) is 107 Å². The van der Waals surface area contributed by atoms with E-state index in [1.54, 1.807) is 12.1 Å². The van der Waals surface area contributed by atoms with Crippen LogP contribution in [0.3, 0.4) is 0 Å². The van der Waals surface area contributed by atoms with Crippen molar-refractivity contribution in [3.63, 3.8) is 0 Å². The van der Waals surface area contributed by atoms with Crippen LogP contribution >= 0.6 is 63.7 Å². The number of fused-ring (bicyclic) bond motifs is 1. The van der Waals surface area contributed by atoms with Crippen molar-refractivity contribution in [2.45, 2.75) is 13.0 Å². The summed E-state index contributed by atoms with van der Waals surface area (Å²) in [6.45, 7) is 1.38. The number of non-ortho nitro benzene ring substituents is 1. The number of imide groups is 1. The monoisotopic (exact) mass is 785 g/mol. The molecule has 0 unspecified atom stereocenters. The van der Waals surface area contributed by atoms with E-state index in [1.807, 2.05) is 0 Å². The molecule has 39 heavy (non-hydrogen) atoms. The molecule has 0 spiro atoms. The van der Waals surface area contributed by atoms with E-state index < -0.39 is 34.5 Å². The minimum Gasteiger partial charge on any atom is -0.497 e. The number of benzene rings is 3. The van der Waals surface area contributed by atoms with Crippen LogP contribution in [-0.4, -0.2) is 51.6 Å². The number of halogens is 4. The van der Waals surface area contributed by atoms with Crippen LogP contribution in [0.5, 0.6) is 5.75 Å². The lowest BCUT2D eigenvalue weighted by molar-refractivity contribution is -0.384. The Balaban J connectivity index is 1.85. The number of hydrazine groups is 1. The Morgan fingerprint density at radius 2 is 1.31 bits per heavy atom. The second-order valence-corrected chi connectivity index (χ2v) is 11.3. The van der Waals surface area contributed by atoms with E-state index in [2.05, 4.69) is 63.7 Å². The molecule has 0 aromatic heterocycles. The van der Waals surface area contributed by atoms with Gasteiger partial charge in [0.05, 0.1) is 23.2 Å². The van der Waals surface area contributed by atoms with Gasteiger partial charge in [0, 0.05) is 41.2 Å². The SMILES string of the molecule is COc1ccc(C(=O)[C@H](C)N(C(=O)c2ccc([N+](=O)[O-])cc2)N2C(=O)c3c(Br)c(Br)c(Br)c(Br)c3C2=O)cc1. The molecule has 3 amide bonds. The Bertz CT molecular complexity index is 1510. The zero-order chi connectivity index (χ0) is 28.8. The molecule has 0 aliphatic carbocycles. The normalized spacial score (nSPS) is 13.2. The van der Waals surface area contributed by atoms with Crippen molar-refractivity contribution in [1.82, 2.24) is 10.0 Å². The first kappa shape index (κ1) is 29.1. The van der Waals surface area contributed by atoms with Crippen molar-refractivity contribution in [2.75, 3.05) is 7.11 Å². The summed E-state index contributed by atoms with van der Waals surface area (Å²) >= 11 is 13.4. The van der Waals surface area contributed by atoms with Crippen LogP contribution in [0.2, 0.25) is 0 Å². The van der Waals surface area contributed by atoms with E-state index in [0.717, 1.165) is 17.1 Å². The smallest absolute Gasteiger partial charge is 0.282 e. The number of Topliss-reactive ketones (excluding diaryl/α,β-unsaturated/α-hetero) is 1. The first-order valence-corrected chi connectivity index (χ1v) is 14.1. The fourth-order valence-corrected chi connectivity index (χ4v) is 6.40. The van der Waals surface area contributed by atoms with Crippen molar-refractivity contribution >= 4 is 92.9 Å². The maximum absolute atomic E-state index is 13.8. The van der Waals surface area contributed by atoms with Crippen molar-refractivity contribution in [2.24, 2.45) is 0 Å². The molecular weight excluding hydrogens is 774 g/mol. The van der Waals surface area contributed by atoms with Gasteiger partial charge in [-0.2, -0.15) is 5.01 Å². The van der Waals surface area contributed by atoms with Gasteiger partial charge in [0.15, 0.2) is 5.78 Å². The molecule has 0 fully saturated rings. The predicted octanol–water partition coefficient (Wildman–Crippen LogP) is 6.58. The van der Waals surface area contributed by atoms with E-state index >= 15 is 0 Å². The van der Waals surface area contributed by atoms with Gasteiger partial charge in [0.25, 0.3) is 23.4 Å². The van der Waals surface area contributed by atoms with Gasteiger partial charge in [-0.15, -0.1) is 0 Å². The molecule has 0 saturated carbocycles. The average Bonchev–Trinajstić information content (AvgIpc) is 3.20. The van der Waals surface area contributed by atoms with Gasteiger partial charge in [0.2, 0.25) is 0 Å². The molecule has 1 heterocycles. The fraction of sp³-hybridized carbons (Fsp3) is 0.120. The van der Waals surface area contributed by atoms with Crippen molar-refractivity contribution in [3.05, 3.63) is 98.8 Å². The number of carbonyl (C=O) groups excluding carboxylic acids is 4. The zero-order valence-electron chi connectivity index (χ0n) is 19.9. The number of nitro groups is 1. The van der Waals surface area contributed by atoms with Gasteiger partial charge >= 0.3 is 0 Å². The zero-order valence-corrected chi connectivity index (χ0v) is 26.3. The Labute approximate surface area is 254 Å². The van der Waals surface area contributed by atoms with Gasteiger partial charge in [0.1, 0.15) is 11.8 Å². The van der Waals surface area contributed by atoms with E-state index in [-0.39, 0.29) is 36.9 Å². The number of nitro benzene ring substituents is 1. The van der Waals surface area contributed by atoms with Crippen molar-refractivity contribution in [1.29, 1.82) is 0 Å². The largest absolute Gasteiger partial charge is 0.497 e. The second-order valence-electron chi connectivity index (χ2n) is 8.15. The van der Waals surface area contributed by atoms with Crippen LogP contribution in [0.4, 0.5) is 5.69 Å². The number of carbonyl (C=O) groups is 4. The van der Waals surface area contributed by atoms with Crippen LogP contribution in [0, 0.1) is 10.1 Å². The summed E-state index contributed by atoms with van der Waals surface area (Å²) < 4.78 is 6.57. The highest BCUT2D eigenvalue weighted by Gasteiger charge is 2.48. The maximum atomic E-state index is 13.8. The molecule has 200 valence electrons. The van der Waals surface area contributed by atoms with E-state index in [0.29, 0.717) is 19.7 Å². The number of hydrogen-bond acceptors (Lipinski definition) is 7. The molecule has 3 aromatic carbocycles. The van der Waals surface area contributed by atoms with Crippen LogP contribution in [0.1, 0.15) is 48.4 Å². The number of hydrogen-bond donors (Lipinski definition) is 0. The summed E-state index contributed by atoms with van der Waals surface area (Å²) in [6, 6.07) is 9.39. The standard InChI is InChI=1S/C25H15Br4N3O7/c1-11(22(33)12-5-9-15(39-2)10-6-12)30(23(34)13-3-7-14(8-4-13)32(37)38)31-24(35)16-17(25(31)36)19(27)21(29)20(28)18(16)26/h3-11H,1-2H3/t11-/m0/s1. The summed E-state index contributed by atoms with van der Waals surface area (Å²) in [7, 11) is 1.47. The minimum atomic E-state index is -1.34. The van der Waals surface area contributed by atoms with Gasteiger partial charge in [-0.25, -0.2) is 5.01 Å². The number of rotatable bonds is 7. The number of amides is 3. The summed E-state index contributed by atoms with van der Waals surface area (Å²) in [5.41, 5.74) is -0.176. The highest BCUT2D eigenvalue weighted by molar-refractivity contribution is 9.15. The first-order chi connectivity index (χ1) is 18.4. The lowest BCUT2D eigenvalue weighted by atomic mass is 10.0. The molecular formula is C25H15Br4N3O7. The van der Waals surface area contributed by atoms with Crippen LogP contribution in [0.15, 0.2) is 66.4 Å². The Morgan fingerprint density at radius 3 is 1.74 bits per heavy atom. The van der Waals surface area contributed by atoms with Crippen LogP contribution in [-0.2, 0) is 0 Å². The first-order valence-electron chi connectivity index (χ1n) is 10.9. The van der Waals surface area contributed by atoms with Gasteiger partial charge in [-0.3, -0.25) is 29.3 Å². The van der Waals surface area contributed by atoms with Crippen molar-refractivity contribution < 1.29 is 28.8 Å². The van der Waals surface area contributed by atoms with E-state index in [4.69, 9.17) is 4.74 Å². The average molecular weight is 789 g/mol. The van der Waals surface area contributed by atoms with Crippen molar-refractivity contribution in [3.8, 4) is 5.75 Å². The maximum Gasteiger partial charge on any atom is 0.282 e. The molecule has 0 bridgehead atoms. The molecule has 0 N–H and O–H groups in total. The van der Waals surface area contributed by atoms with Crippen LogP contribution < -0.4 is 4.74 Å². The third-order valence-corrected chi connectivity index (χ3v) is 10.7.